The summed E-state index contributed by atoms with van der Waals surface area (Å²) in [5.41, 5.74) is 1.43. The van der Waals surface area contributed by atoms with Crippen LogP contribution in [-0.4, -0.2) is 16.1 Å². The van der Waals surface area contributed by atoms with Crippen LogP contribution in [0.2, 0.25) is 0 Å². The minimum Gasteiger partial charge on any atom is -0.477 e. The first kappa shape index (κ1) is 11.4. The average Bonchev–Trinajstić information content (AvgIpc) is 2.37. The summed E-state index contributed by atoms with van der Waals surface area (Å²) < 4.78 is 0. The van der Waals surface area contributed by atoms with E-state index in [1.165, 1.54) is 38.5 Å². The van der Waals surface area contributed by atoms with Crippen LogP contribution >= 0.6 is 0 Å². The van der Waals surface area contributed by atoms with Gasteiger partial charge in [-0.1, -0.05) is 6.07 Å². The first-order chi connectivity index (χ1) is 9.16. The predicted octanol–water partition coefficient (Wildman–Crippen LogP) is 3.25. The van der Waals surface area contributed by atoms with E-state index in [4.69, 9.17) is 0 Å². The summed E-state index contributed by atoms with van der Waals surface area (Å²) in [6.07, 6.45) is 9.29. The molecule has 4 saturated carbocycles. The number of aromatic nitrogens is 1. The van der Waals surface area contributed by atoms with Crippen molar-refractivity contribution in [3.63, 3.8) is 0 Å². The fourth-order valence-corrected chi connectivity index (χ4v) is 5.44. The van der Waals surface area contributed by atoms with Crippen LogP contribution in [0.5, 0.6) is 0 Å². The van der Waals surface area contributed by atoms with E-state index in [1.807, 2.05) is 12.1 Å². The third-order valence-corrected chi connectivity index (χ3v) is 5.62. The van der Waals surface area contributed by atoms with Gasteiger partial charge in [0.15, 0.2) is 5.69 Å². The third-order valence-electron chi connectivity index (χ3n) is 5.62. The summed E-state index contributed by atoms with van der Waals surface area (Å²) in [6, 6.07) is 3.92. The zero-order valence-corrected chi connectivity index (χ0v) is 11.0. The normalized spacial score (nSPS) is 39.5. The lowest BCUT2D eigenvalue weighted by molar-refractivity contribution is -0.00603. The minimum absolute atomic E-state index is 0.122. The van der Waals surface area contributed by atoms with Crippen molar-refractivity contribution in [3.8, 4) is 0 Å². The number of hydrogen-bond acceptors (Lipinski definition) is 2. The maximum absolute atomic E-state index is 11.5. The van der Waals surface area contributed by atoms with Crippen molar-refractivity contribution < 1.29 is 9.90 Å². The molecule has 0 aromatic carbocycles. The molecule has 0 aliphatic heterocycles. The van der Waals surface area contributed by atoms with Crippen molar-refractivity contribution >= 4 is 5.97 Å². The quantitative estimate of drug-likeness (QED) is 0.884. The molecule has 0 atom stereocenters. The highest BCUT2D eigenvalue weighted by atomic mass is 16.4. The molecule has 0 saturated heterocycles. The molecule has 4 aliphatic carbocycles. The molecule has 3 heteroatoms. The second kappa shape index (κ2) is 3.81. The van der Waals surface area contributed by atoms with E-state index in [0.717, 1.165) is 23.3 Å². The summed E-state index contributed by atoms with van der Waals surface area (Å²) >= 11 is 0. The van der Waals surface area contributed by atoms with Crippen LogP contribution in [-0.2, 0) is 5.41 Å². The van der Waals surface area contributed by atoms with E-state index in [0.29, 0.717) is 5.69 Å². The van der Waals surface area contributed by atoms with Crippen molar-refractivity contribution in [2.75, 3.05) is 0 Å². The first-order valence-electron chi connectivity index (χ1n) is 7.35. The second-order valence-electron chi connectivity index (χ2n) is 6.90. The molecule has 1 heterocycles. The Kier molecular flexibility index (Phi) is 2.30. The lowest BCUT2D eigenvalue weighted by atomic mass is 9.48. The molecule has 4 fully saturated rings. The van der Waals surface area contributed by atoms with Gasteiger partial charge in [0.25, 0.3) is 0 Å². The van der Waals surface area contributed by atoms with E-state index >= 15 is 0 Å². The molecule has 19 heavy (non-hydrogen) atoms. The number of hydrogen-bond donors (Lipinski definition) is 1. The number of carboxylic acids is 1. The van der Waals surface area contributed by atoms with Crippen molar-refractivity contribution in [2.24, 2.45) is 17.8 Å². The molecule has 0 radical (unpaired) electrons. The zero-order chi connectivity index (χ0) is 13.0. The minimum atomic E-state index is -0.869. The van der Waals surface area contributed by atoms with E-state index < -0.39 is 5.97 Å². The molecule has 1 aromatic heterocycles. The van der Waals surface area contributed by atoms with E-state index in [2.05, 4.69) is 4.98 Å². The summed E-state index contributed by atoms with van der Waals surface area (Å²) in [6.45, 7) is 0. The van der Waals surface area contributed by atoms with Crippen LogP contribution in [0.15, 0.2) is 18.3 Å². The Morgan fingerprint density at radius 2 is 1.74 bits per heavy atom. The maximum Gasteiger partial charge on any atom is 0.354 e. The Bertz CT molecular complexity index is 502. The van der Waals surface area contributed by atoms with Crippen LogP contribution in [0.4, 0.5) is 0 Å². The van der Waals surface area contributed by atoms with Gasteiger partial charge >= 0.3 is 5.97 Å². The summed E-state index contributed by atoms with van der Waals surface area (Å²) in [4.78, 5) is 15.6. The zero-order valence-electron chi connectivity index (χ0n) is 11.0. The van der Waals surface area contributed by atoms with Gasteiger partial charge in [-0.2, -0.15) is 0 Å². The van der Waals surface area contributed by atoms with E-state index in [1.54, 1.807) is 6.20 Å². The van der Waals surface area contributed by atoms with Crippen molar-refractivity contribution in [3.05, 3.63) is 29.6 Å². The molecule has 0 unspecified atom stereocenters. The van der Waals surface area contributed by atoms with E-state index in [9.17, 15) is 9.90 Å². The summed E-state index contributed by atoms with van der Waals surface area (Å²) in [5.74, 6) is 1.61. The van der Waals surface area contributed by atoms with Gasteiger partial charge in [0.1, 0.15) is 0 Å². The number of rotatable bonds is 2. The Hall–Kier alpha value is -1.38. The summed E-state index contributed by atoms with van der Waals surface area (Å²) in [7, 11) is 0. The van der Waals surface area contributed by atoms with Crippen LogP contribution in [0.1, 0.15) is 54.6 Å². The fraction of sp³-hybridized carbons (Fsp3) is 0.625. The number of pyridine rings is 1. The number of nitrogens with zero attached hydrogens (tertiary/aromatic N) is 1. The molecule has 0 amide bonds. The molecule has 5 rings (SSSR count). The number of carboxylic acid groups (broad SMARTS) is 1. The van der Waals surface area contributed by atoms with Gasteiger partial charge in [-0.15, -0.1) is 0 Å². The molecular weight excluding hydrogens is 238 g/mol. The number of carbonyl (C=O) groups is 1. The van der Waals surface area contributed by atoms with Crippen molar-refractivity contribution in [1.29, 1.82) is 0 Å². The van der Waals surface area contributed by atoms with E-state index in [-0.39, 0.29) is 5.41 Å². The van der Waals surface area contributed by atoms with Crippen molar-refractivity contribution in [2.45, 2.75) is 43.9 Å². The van der Waals surface area contributed by atoms with Gasteiger partial charge < -0.3 is 5.11 Å². The Labute approximate surface area is 113 Å². The smallest absolute Gasteiger partial charge is 0.354 e. The van der Waals surface area contributed by atoms with Crippen LogP contribution in [0.3, 0.4) is 0 Å². The SMILES string of the molecule is O=C(O)c1ncccc1C12CC3CC(CC(C3)C1)C2. The lowest BCUT2D eigenvalue weighted by Gasteiger charge is -2.57. The first-order valence-corrected chi connectivity index (χ1v) is 7.35. The van der Waals surface area contributed by atoms with Crippen LogP contribution in [0.25, 0.3) is 0 Å². The van der Waals surface area contributed by atoms with Gasteiger partial charge in [0.2, 0.25) is 0 Å². The summed E-state index contributed by atoms with van der Waals surface area (Å²) in [5, 5.41) is 9.40. The Balaban J connectivity index is 1.82. The molecule has 1 aromatic rings. The molecule has 4 aliphatic rings. The molecule has 0 spiro atoms. The van der Waals surface area contributed by atoms with Crippen LogP contribution in [0, 0.1) is 17.8 Å². The third kappa shape index (κ3) is 1.63. The second-order valence-corrected chi connectivity index (χ2v) is 6.90. The van der Waals surface area contributed by atoms with Crippen LogP contribution < -0.4 is 0 Å². The van der Waals surface area contributed by atoms with Gasteiger partial charge in [0.05, 0.1) is 0 Å². The maximum atomic E-state index is 11.5. The Morgan fingerprint density at radius 3 is 2.26 bits per heavy atom. The highest BCUT2D eigenvalue weighted by molar-refractivity contribution is 5.87. The average molecular weight is 257 g/mol. The van der Waals surface area contributed by atoms with Gasteiger partial charge in [-0.05, 0) is 73.3 Å². The fourth-order valence-electron chi connectivity index (χ4n) is 5.44. The lowest BCUT2D eigenvalue weighted by Crippen LogP contribution is -2.49. The van der Waals surface area contributed by atoms with Gasteiger partial charge in [-0.3, -0.25) is 0 Å². The Morgan fingerprint density at radius 1 is 1.16 bits per heavy atom. The van der Waals surface area contributed by atoms with Gasteiger partial charge in [0, 0.05) is 6.20 Å². The monoisotopic (exact) mass is 257 g/mol. The topological polar surface area (TPSA) is 50.2 Å². The standard InChI is InChI=1S/C16H19NO2/c18-15(19)14-13(2-1-3-17-14)16-7-10-4-11(8-16)6-12(5-10)9-16/h1-3,10-12H,4-9H2,(H,18,19). The molecule has 100 valence electrons. The molecular formula is C16H19NO2. The largest absolute Gasteiger partial charge is 0.477 e. The molecule has 4 bridgehead atoms. The molecule has 3 nitrogen and oxygen atoms in total. The highest BCUT2D eigenvalue weighted by Crippen LogP contribution is 2.60. The van der Waals surface area contributed by atoms with Gasteiger partial charge in [-0.25, -0.2) is 9.78 Å². The predicted molar refractivity (Wildman–Crippen MR) is 71.0 cm³/mol. The highest BCUT2D eigenvalue weighted by Gasteiger charge is 2.52. The molecule has 1 N–H and O–H groups in total. The van der Waals surface area contributed by atoms with Crippen molar-refractivity contribution in [1.82, 2.24) is 4.98 Å². The number of aromatic carboxylic acids is 1.